The lowest BCUT2D eigenvalue weighted by atomic mass is 9.77. The van der Waals surface area contributed by atoms with Gasteiger partial charge in [-0.2, -0.15) is 0 Å². The lowest BCUT2D eigenvalue weighted by Gasteiger charge is -2.34. The van der Waals surface area contributed by atoms with Crippen LogP contribution in [0.25, 0.3) is 5.00 Å². The van der Waals surface area contributed by atoms with Gasteiger partial charge in [-0.25, -0.2) is 4.79 Å². The number of fused-ring (bicyclic) bond motifs is 1. The SMILES string of the molecule is COC(=O)c1c(-n2c(C)nnc2CO)sc2c1CC(C(=O)OC)C2.COCc1nnc(C)n1C1SC2=C(CC(C)(C(=O)O)C2)C1(C)C(=O)O. The molecule has 18 heteroatoms. The van der Waals surface area contributed by atoms with Crippen LogP contribution in [0, 0.1) is 30.6 Å². The zero-order valence-electron chi connectivity index (χ0n) is 28.1. The summed E-state index contributed by atoms with van der Waals surface area (Å²) in [6, 6.07) is 0. The number of aromatic nitrogens is 6. The molecule has 2 aliphatic carbocycles. The van der Waals surface area contributed by atoms with Gasteiger partial charge in [-0.1, -0.05) is 0 Å². The van der Waals surface area contributed by atoms with E-state index in [0.29, 0.717) is 58.7 Å². The predicted molar refractivity (Wildman–Crippen MR) is 174 cm³/mol. The standard InChI is InChI=1S/C16H21N3O5S.C15H17N3O5S/c1-8-17-18-11(7-24-4)19(8)12-16(3,14(22)23)9-5-15(2,13(20)21)6-10(9)25-12;1-7-16-17-11(6-19)18(7)13-12(15(21)23-3)9-4-8(14(20)22-2)5-10(9)24-13/h12H,5-7H2,1-4H3,(H,20,21)(H,22,23);8,19H,4-6H2,1-3H3. The summed E-state index contributed by atoms with van der Waals surface area (Å²) in [7, 11) is 4.22. The number of carboxylic acid groups (broad SMARTS) is 2. The van der Waals surface area contributed by atoms with Crippen molar-refractivity contribution in [3.8, 4) is 5.00 Å². The molecular formula is C31H38N6O10S2. The lowest BCUT2D eigenvalue weighted by molar-refractivity contribution is -0.149. The molecule has 0 saturated heterocycles. The van der Waals surface area contributed by atoms with Crippen LogP contribution in [0.5, 0.6) is 0 Å². The Kier molecular flexibility index (Phi) is 10.1. The van der Waals surface area contributed by atoms with Gasteiger partial charge in [-0.3, -0.25) is 23.5 Å². The summed E-state index contributed by atoms with van der Waals surface area (Å²) in [5.74, 6) is -0.833. The molecule has 0 fully saturated rings. The zero-order chi connectivity index (χ0) is 36.0. The fraction of sp³-hybridized carbons (Fsp3) is 0.548. The maximum absolute atomic E-state index is 12.4. The van der Waals surface area contributed by atoms with Crippen molar-refractivity contribution < 1.29 is 48.7 Å². The quantitative estimate of drug-likeness (QED) is 0.271. The number of allylic oxidation sites excluding steroid dienone is 1. The highest BCUT2D eigenvalue weighted by atomic mass is 32.2. The van der Waals surface area contributed by atoms with E-state index in [9.17, 15) is 34.5 Å². The number of hydrogen-bond donors (Lipinski definition) is 3. The number of ether oxygens (including phenoxy) is 3. The largest absolute Gasteiger partial charge is 0.481 e. The first-order chi connectivity index (χ1) is 23.2. The molecule has 0 spiro atoms. The Labute approximate surface area is 289 Å². The first-order valence-electron chi connectivity index (χ1n) is 15.2. The molecule has 6 rings (SSSR count). The molecule has 1 aliphatic heterocycles. The van der Waals surface area contributed by atoms with E-state index in [1.165, 1.54) is 37.3 Å². The zero-order valence-corrected chi connectivity index (χ0v) is 29.7. The highest BCUT2D eigenvalue weighted by molar-refractivity contribution is 8.03. The number of esters is 2. The Balaban J connectivity index is 0.000000191. The van der Waals surface area contributed by atoms with E-state index in [4.69, 9.17) is 14.2 Å². The van der Waals surface area contributed by atoms with Crippen LogP contribution in [0.15, 0.2) is 10.5 Å². The summed E-state index contributed by atoms with van der Waals surface area (Å²) in [6.45, 7) is 6.79. The van der Waals surface area contributed by atoms with Gasteiger partial charge in [0.2, 0.25) is 0 Å². The van der Waals surface area contributed by atoms with E-state index in [2.05, 4.69) is 20.4 Å². The number of carbonyl (C=O) groups excluding carboxylic acids is 2. The second-order valence-corrected chi connectivity index (χ2v) is 14.8. The number of hydrogen-bond acceptors (Lipinski definition) is 14. The Bertz CT molecular complexity index is 1860. The Morgan fingerprint density at radius 1 is 0.918 bits per heavy atom. The summed E-state index contributed by atoms with van der Waals surface area (Å²) in [5.41, 5.74) is -0.258. The van der Waals surface area contributed by atoms with Crippen LogP contribution >= 0.6 is 23.1 Å². The predicted octanol–water partition coefficient (Wildman–Crippen LogP) is 3.01. The number of thiophene rings is 1. The fourth-order valence-corrected chi connectivity index (χ4v) is 10.1. The van der Waals surface area contributed by atoms with Gasteiger partial charge in [0.15, 0.2) is 11.6 Å². The van der Waals surface area contributed by atoms with Crippen molar-refractivity contribution in [1.29, 1.82) is 0 Å². The maximum atomic E-state index is 12.4. The minimum atomic E-state index is -1.22. The molecule has 0 bridgehead atoms. The summed E-state index contributed by atoms with van der Waals surface area (Å²) in [5, 5.41) is 45.2. The van der Waals surface area contributed by atoms with Crippen LogP contribution in [0.4, 0.5) is 0 Å². The van der Waals surface area contributed by atoms with E-state index in [-0.39, 0.29) is 31.5 Å². The molecule has 3 aliphatic rings. The van der Waals surface area contributed by atoms with Gasteiger partial charge in [0.25, 0.3) is 0 Å². The van der Waals surface area contributed by atoms with E-state index < -0.39 is 34.1 Å². The Morgan fingerprint density at radius 3 is 2.18 bits per heavy atom. The smallest absolute Gasteiger partial charge is 0.341 e. The van der Waals surface area contributed by atoms with Gasteiger partial charge in [-0.15, -0.1) is 43.5 Å². The van der Waals surface area contributed by atoms with Crippen LogP contribution in [-0.2, 0) is 54.6 Å². The van der Waals surface area contributed by atoms with Gasteiger partial charge in [-0.05, 0) is 69.4 Å². The number of aliphatic hydroxyl groups excluding tert-OH is 1. The number of rotatable bonds is 9. The number of aliphatic hydroxyl groups is 1. The fourth-order valence-electron chi connectivity index (χ4n) is 6.64. The lowest BCUT2D eigenvalue weighted by Crippen LogP contribution is -2.38. The summed E-state index contributed by atoms with van der Waals surface area (Å²) < 4.78 is 18.4. The Morgan fingerprint density at radius 2 is 1.59 bits per heavy atom. The van der Waals surface area contributed by atoms with Gasteiger partial charge < -0.3 is 29.5 Å². The molecule has 0 radical (unpaired) electrons. The first-order valence-corrected chi connectivity index (χ1v) is 16.9. The van der Waals surface area contributed by atoms with Crippen molar-refractivity contribution in [3.63, 3.8) is 0 Å². The molecule has 49 heavy (non-hydrogen) atoms. The molecule has 16 nitrogen and oxygen atoms in total. The van der Waals surface area contributed by atoms with Crippen molar-refractivity contribution in [2.24, 2.45) is 16.7 Å². The Hall–Kier alpha value is -4.13. The number of aryl methyl sites for hydroxylation is 2. The van der Waals surface area contributed by atoms with Crippen molar-refractivity contribution in [1.82, 2.24) is 29.5 Å². The minimum absolute atomic E-state index is 0.227. The van der Waals surface area contributed by atoms with Crippen LogP contribution in [0.3, 0.4) is 0 Å². The molecule has 4 unspecified atom stereocenters. The molecule has 0 aromatic carbocycles. The number of thioether (sulfide) groups is 1. The van der Waals surface area contributed by atoms with Gasteiger partial charge in [0.05, 0.1) is 31.1 Å². The number of nitrogens with zero attached hydrogens (tertiary/aromatic N) is 6. The molecule has 3 N–H and O–H groups in total. The van der Waals surface area contributed by atoms with Crippen LogP contribution in [0.1, 0.15) is 76.2 Å². The molecular weight excluding hydrogens is 681 g/mol. The first kappa shape index (κ1) is 36.2. The minimum Gasteiger partial charge on any atom is -0.481 e. The van der Waals surface area contributed by atoms with E-state index in [1.54, 1.807) is 43.9 Å². The van der Waals surface area contributed by atoms with Crippen molar-refractivity contribution in [3.05, 3.63) is 49.8 Å². The summed E-state index contributed by atoms with van der Waals surface area (Å²) in [6.07, 6.45) is 1.54. The van der Waals surface area contributed by atoms with Gasteiger partial charge in [0, 0.05) is 12.0 Å². The summed E-state index contributed by atoms with van der Waals surface area (Å²) in [4.78, 5) is 49.8. The van der Waals surface area contributed by atoms with Crippen LogP contribution < -0.4 is 0 Å². The van der Waals surface area contributed by atoms with E-state index in [1.807, 2.05) is 0 Å². The third kappa shape index (κ3) is 6.04. The average Bonchev–Trinajstić information content (AvgIpc) is 3.90. The van der Waals surface area contributed by atoms with Gasteiger partial charge >= 0.3 is 23.9 Å². The number of methoxy groups -OCH3 is 3. The molecule has 0 amide bonds. The second kappa shape index (κ2) is 13.6. The third-order valence-electron chi connectivity index (χ3n) is 9.35. The van der Waals surface area contributed by atoms with Crippen LogP contribution in [-0.4, -0.2) is 90.1 Å². The van der Waals surface area contributed by atoms with Gasteiger partial charge in [0.1, 0.15) is 40.7 Å². The van der Waals surface area contributed by atoms with E-state index >= 15 is 0 Å². The summed E-state index contributed by atoms with van der Waals surface area (Å²) >= 11 is 2.80. The van der Waals surface area contributed by atoms with Crippen molar-refractivity contribution >= 4 is 47.0 Å². The van der Waals surface area contributed by atoms with Crippen LogP contribution in [0.2, 0.25) is 0 Å². The molecule has 0 saturated carbocycles. The normalized spacial score (nSPS) is 23.9. The maximum Gasteiger partial charge on any atom is 0.341 e. The highest BCUT2D eigenvalue weighted by Crippen LogP contribution is 2.65. The number of carboxylic acids is 2. The third-order valence-corrected chi connectivity index (χ3v) is 12.2. The van der Waals surface area contributed by atoms with E-state index in [0.717, 1.165) is 15.3 Å². The molecule has 3 aromatic heterocycles. The van der Waals surface area contributed by atoms with Crippen molar-refractivity contribution in [2.75, 3.05) is 21.3 Å². The molecule has 4 heterocycles. The molecule has 264 valence electrons. The van der Waals surface area contributed by atoms with Crippen molar-refractivity contribution in [2.45, 2.75) is 72.0 Å². The average molecular weight is 719 g/mol. The highest BCUT2D eigenvalue weighted by Gasteiger charge is 2.59. The second-order valence-electron chi connectivity index (χ2n) is 12.5. The number of aliphatic carboxylic acids is 2. The molecule has 3 aromatic rings. The topological polar surface area (TPSA) is 218 Å². The molecule has 4 atom stereocenters. The number of carbonyl (C=O) groups is 4. The monoisotopic (exact) mass is 718 g/mol.